The van der Waals surface area contributed by atoms with Crippen LogP contribution in [0.2, 0.25) is 0 Å². The van der Waals surface area contributed by atoms with Crippen molar-refractivity contribution in [1.82, 2.24) is 0 Å². The average Bonchev–Trinajstić information content (AvgIpc) is 2.28. The van der Waals surface area contributed by atoms with Crippen LogP contribution in [0.5, 0.6) is 0 Å². The van der Waals surface area contributed by atoms with E-state index in [-0.39, 0.29) is 9.90 Å². The maximum absolute atomic E-state index is 2.12. The minimum atomic E-state index is 0. The molecular weight excluding hydrogens is 151 g/mol. The quantitative estimate of drug-likeness (QED) is 0.522. The van der Waals surface area contributed by atoms with Crippen LogP contribution in [0.15, 0.2) is 48.5 Å². The summed E-state index contributed by atoms with van der Waals surface area (Å²) in [6, 6.07) is 16.7. The van der Waals surface area contributed by atoms with Gasteiger partial charge in [-0.1, -0.05) is 48.5 Å². The summed E-state index contributed by atoms with van der Waals surface area (Å²) in [5, 5.41) is 0. The zero-order valence-corrected chi connectivity index (χ0v) is 7.74. The van der Waals surface area contributed by atoms with Gasteiger partial charge in [-0.25, -0.2) is 0 Å². The van der Waals surface area contributed by atoms with E-state index in [1.165, 1.54) is 11.1 Å². The minimum Gasteiger partial charge on any atom is -0.153 e. The first-order valence-electron chi connectivity index (χ1n) is 3.40. The third-order valence-electron chi connectivity index (χ3n) is 1.66. The molecule has 2 aliphatic rings. The van der Waals surface area contributed by atoms with Crippen molar-refractivity contribution < 1.29 is 0 Å². The number of fused-ring (bicyclic) bond motifs is 1. The molecule has 0 amide bonds. The van der Waals surface area contributed by atoms with Gasteiger partial charge in [0.15, 0.2) is 0 Å². The molecule has 0 fully saturated rings. The zero-order chi connectivity index (χ0) is 6.81. The lowest BCUT2D eigenvalue weighted by molar-refractivity contribution is 1.84. The molecule has 0 aromatic rings. The minimum absolute atomic E-state index is 0. The summed E-state index contributed by atoms with van der Waals surface area (Å²) in [7, 11) is 0. The maximum Gasteiger partial charge on any atom is -0.0184 e. The fourth-order valence-corrected chi connectivity index (χ4v) is 1.13. The Hall–Kier alpha value is -0.870. The molecular formula is C10H11P. The van der Waals surface area contributed by atoms with Crippen LogP contribution in [-0.4, -0.2) is 0 Å². The van der Waals surface area contributed by atoms with Crippen molar-refractivity contribution in [2.75, 3.05) is 0 Å². The second kappa shape index (κ2) is 3.50. The van der Waals surface area contributed by atoms with Crippen molar-refractivity contribution in [3.05, 3.63) is 48.5 Å². The van der Waals surface area contributed by atoms with Gasteiger partial charge >= 0.3 is 0 Å². The summed E-state index contributed by atoms with van der Waals surface area (Å²) in [4.78, 5) is 0. The van der Waals surface area contributed by atoms with Crippen LogP contribution in [0, 0.1) is 0 Å². The largest absolute Gasteiger partial charge is 0.153 e. The first-order chi connectivity index (χ1) is 4.97. The SMILES string of the molecule is P.c1ccc2cccc-2cc1. The summed E-state index contributed by atoms with van der Waals surface area (Å²) in [6.07, 6.45) is 0. The topological polar surface area (TPSA) is 0 Å². The van der Waals surface area contributed by atoms with Gasteiger partial charge in [-0.05, 0) is 11.1 Å². The van der Waals surface area contributed by atoms with Crippen LogP contribution >= 0.6 is 9.90 Å². The van der Waals surface area contributed by atoms with Gasteiger partial charge in [-0.2, -0.15) is 9.90 Å². The Morgan fingerprint density at radius 1 is 0.545 bits per heavy atom. The van der Waals surface area contributed by atoms with Gasteiger partial charge < -0.3 is 0 Å². The van der Waals surface area contributed by atoms with Gasteiger partial charge in [-0.15, -0.1) is 0 Å². The van der Waals surface area contributed by atoms with E-state index in [0.29, 0.717) is 0 Å². The molecule has 0 saturated carbocycles. The van der Waals surface area contributed by atoms with Crippen LogP contribution in [0.3, 0.4) is 0 Å². The lowest BCUT2D eigenvalue weighted by atomic mass is 10.2. The molecule has 0 bridgehead atoms. The summed E-state index contributed by atoms with van der Waals surface area (Å²) < 4.78 is 0. The molecule has 0 heterocycles. The van der Waals surface area contributed by atoms with E-state index in [2.05, 4.69) is 42.5 Å². The van der Waals surface area contributed by atoms with Gasteiger partial charge in [0.05, 0.1) is 0 Å². The Labute approximate surface area is 70.2 Å². The number of hydrogen-bond acceptors (Lipinski definition) is 0. The predicted molar refractivity (Wildman–Crippen MR) is 54.2 cm³/mol. The van der Waals surface area contributed by atoms with Crippen LogP contribution in [0.1, 0.15) is 0 Å². The third kappa shape index (κ3) is 1.58. The molecule has 11 heavy (non-hydrogen) atoms. The van der Waals surface area contributed by atoms with Crippen molar-refractivity contribution in [3.8, 4) is 11.1 Å². The van der Waals surface area contributed by atoms with Crippen molar-refractivity contribution in [1.29, 1.82) is 0 Å². The summed E-state index contributed by atoms with van der Waals surface area (Å²) in [5.74, 6) is 0. The molecule has 0 radical (unpaired) electrons. The molecule has 0 nitrogen and oxygen atoms in total. The van der Waals surface area contributed by atoms with Gasteiger partial charge in [0, 0.05) is 0 Å². The molecule has 2 aliphatic carbocycles. The van der Waals surface area contributed by atoms with Crippen molar-refractivity contribution in [2.45, 2.75) is 0 Å². The molecule has 1 atom stereocenters. The van der Waals surface area contributed by atoms with Crippen LogP contribution in [0.4, 0.5) is 0 Å². The second-order valence-corrected chi connectivity index (χ2v) is 2.35. The number of rotatable bonds is 0. The first-order valence-corrected chi connectivity index (χ1v) is 3.40. The average molecular weight is 162 g/mol. The third-order valence-corrected chi connectivity index (χ3v) is 1.66. The standard InChI is InChI=1S/C10H8.H3P/c1-2-5-9-7-4-8-10(9)6-3-1;/h1-8H;1H3. The van der Waals surface area contributed by atoms with Gasteiger partial charge in [0.2, 0.25) is 0 Å². The van der Waals surface area contributed by atoms with Crippen LogP contribution in [0.25, 0.3) is 11.1 Å². The van der Waals surface area contributed by atoms with Crippen molar-refractivity contribution in [2.24, 2.45) is 0 Å². The normalized spacial score (nSPS) is 9.09. The second-order valence-electron chi connectivity index (χ2n) is 2.35. The molecule has 0 spiro atoms. The van der Waals surface area contributed by atoms with Crippen LogP contribution < -0.4 is 0 Å². The van der Waals surface area contributed by atoms with Gasteiger partial charge in [0.25, 0.3) is 0 Å². The Morgan fingerprint density at radius 2 is 1.00 bits per heavy atom. The number of hydrogen-bond donors (Lipinski definition) is 0. The lowest BCUT2D eigenvalue weighted by Crippen LogP contribution is -1.59. The van der Waals surface area contributed by atoms with E-state index in [4.69, 9.17) is 0 Å². The maximum atomic E-state index is 2.12. The Kier molecular flexibility index (Phi) is 2.62. The summed E-state index contributed by atoms with van der Waals surface area (Å²) in [6.45, 7) is 0. The highest BCUT2D eigenvalue weighted by Crippen LogP contribution is 2.19. The fourth-order valence-electron chi connectivity index (χ4n) is 1.13. The first kappa shape index (κ1) is 8.23. The summed E-state index contributed by atoms with van der Waals surface area (Å²) >= 11 is 0. The van der Waals surface area contributed by atoms with Gasteiger partial charge in [-0.3, -0.25) is 0 Å². The lowest BCUT2D eigenvalue weighted by Gasteiger charge is -1.85. The molecule has 56 valence electrons. The molecule has 0 N–H and O–H groups in total. The van der Waals surface area contributed by atoms with E-state index in [1.54, 1.807) is 0 Å². The molecule has 1 unspecified atom stereocenters. The molecule has 2 rings (SSSR count). The van der Waals surface area contributed by atoms with E-state index in [1.807, 2.05) is 6.07 Å². The molecule has 0 aromatic heterocycles. The van der Waals surface area contributed by atoms with E-state index >= 15 is 0 Å². The zero-order valence-electron chi connectivity index (χ0n) is 6.33. The highest BCUT2D eigenvalue weighted by atomic mass is 31.0. The smallest absolute Gasteiger partial charge is 0.0184 e. The van der Waals surface area contributed by atoms with E-state index < -0.39 is 0 Å². The molecule has 0 aliphatic heterocycles. The Bertz CT molecular complexity index is 276. The summed E-state index contributed by atoms with van der Waals surface area (Å²) in [5.41, 5.74) is 2.62. The molecule has 0 saturated heterocycles. The highest BCUT2D eigenvalue weighted by Gasteiger charge is 1.94. The van der Waals surface area contributed by atoms with Crippen molar-refractivity contribution in [3.63, 3.8) is 0 Å². The predicted octanol–water partition coefficient (Wildman–Crippen LogP) is 2.85. The van der Waals surface area contributed by atoms with Gasteiger partial charge in [0.1, 0.15) is 0 Å². The monoisotopic (exact) mass is 162 g/mol. The highest BCUT2D eigenvalue weighted by molar-refractivity contribution is 6.92. The Balaban J connectivity index is 0.000000605. The molecule has 1 heteroatoms. The molecule has 0 aromatic carbocycles. The van der Waals surface area contributed by atoms with Crippen molar-refractivity contribution >= 4 is 9.90 Å². The van der Waals surface area contributed by atoms with E-state index in [9.17, 15) is 0 Å². The fraction of sp³-hybridized carbons (Fsp3) is 0. The van der Waals surface area contributed by atoms with Crippen LogP contribution in [-0.2, 0) is 0 Å². The van der Waals surface area contributed by atoms with E-state index in [0.717, 1.165) is 0 Å². The Morgan fingerprint density at radius 3 is 1.55 bits per heavy atom.